The predicted molar refractivity (Wildman–Crippen MR) is 145 cm³/mol. The van der Waals surface area contributed by atoms with Crippen LogP contribution in [0, 0.1) is 6.92 Å². The lowest BCUT2D eigenvalue weighted by Gasteiger charge is -2.36. The molecule has 0 fully saturated rings. The van der Waals surface area contributed by atoms with E-state index >= 15 is 0 Å². The van der Waals surface area contributed by atoms with E-state index in [1.807, 2.05) is 36.9 Å². The molecule has 1 aromatic heterocycles. The largest absolute Gasteiger partial charge is 0.349 e. The number of hydrogen-bond donors (Lipinski definition) is 2. The Balaban J connectivity index is 1.39. The molecule has 0 radical (unpaired) electrons. The van der Waals surface area contributed by atoms with Crippen molar-refractivity contribution in [3.05, 3.63) is 87.7 Å². The van der Waals surface area contributed by atoms with Crippen molar-refractivity contribution in [1.82, 2.24) is 19.5 Å². The number of sulfonamides is 1. The average Bonchev–Trinajstić information content (AvgIpc) is 3.35. The third kappa shape index (κ3) is 5.21. The van der Waals surface area contributed by atoms with E-state index in [0.29, 0.717) is 11.6 Å². The van der Waals surface area contributed by atoms with Crippen LogP contribution in [-0.2, 0) is 34.3 Å². The maximum Gasteiger partial charge on any atom is 0.243 e. The number of benzene rings is 2. The standard InChI is InChI=1S/C28H33ClN4O3S/c1-19-8-10-22(16-24(19)29)37(35,36)33-14-13-32-12-4-7-26(32)27(33)17-28(34)31-25-6-3-5-21-15-20(18-30-2)9-11-23(21)25/h4,7-12,15-16,25,27,30H,3,5-6,13-14,17-18H2,1-2H3,(H,31,34). The van der Waals surface area contributed by atoms with Crippen LogP contribution < -0.4 is 10.6 Å². The van der Waals surface area contributed by atoms with Crippen molar-refractivity contribution in [1.29, 1.82) is 0 Å². The Labute approximate surface area is 223 Å². The molecule has 1 aliphatic carbocycles. The monoisotopic (exact) mass is 540 g/mol. The fourth-order valence-electron chi connectivity index (χ4n) is 5.57. The van der Waals surface area contributed by atoms with Crippen LogP contribution >= 0.6 is 11.6 Å². The van der Waals surface area contributed by atoms with E-state index in [1.165, 1.54) is 21.5 Å². The summed E-state index contributed by atoms with van der Waals surface area (Å²) >= 11 is 6.27. The Bertz CT molecular complexity index is 1420. The first-order valence-corrected chi connectivity index (χ1v) is 14.6. The molecular weight excluding hydrogens is 508 g/mol. The van der Waals surface area contributed by atoms with E-state index in [9.17, 15) is 13.2 Å². The maximum absolute atomic E-state index is 13.7. The number of carbonyl (C=O) groups excluding carboxylic acids is 1. The zero-order valence-electron chi connectivity index (χ0n) is 21.2. The summed E-state index contributed by atoms with van der Waals surface area (Å²) in [5.74, 6) is -0.154. The number of hydrogen-bond acceptors (Lipinski definition) is 4. The molecule has 37 heavy (non-hydrogen) atoms. The molecule has 0 bridgehead atoms. The smallest absolute Gasteiger partial charge is 0.243 e. The Hall–Kier alpha value is -2.65. The van der Waals surface area contributed by atoms with E-state index in [0.717, 1.165) is 42.6 Å². The predicted octanol–water partition coefficient (Wildman–Crippen LogP) is 4.50. The van der Waals surface area contributed by atoms with Gasteiger partial charge < -0.3 is 15.2 Å². The molecular formula is C28H33ClN4O3S. The van der Waals surface area contributed by atoms with Gasteiger partial charge in [0.25, 0.3) is 0 Å². The Morgan fingerprint density at radius 3 is 2.76 bits per heavy atom. The third-order valence-corrected chi connectivity index (χ3v) is 9.79. The number of rotatable bonds is 7. The van der Waals surface area contributed by atoms with E-state index in [4.69, 9.17) is 11.6 Å². The highest BCUT2D eigenvalue weighted by molar-refractivity contribution is 7.89. The van der Waals surface area contributed by atoms with Gasteiger partial charge in [-0.2, -0.15) is 4.31 Å². The molecule has 5 rings (SSSR count). The molecule has 7 nitrogen and oxygen atoms in total. The van der Waals surface area contributed by atoms with Gasteiger partial charge in [-0.1, -0.05) is 35.9 Å². The molecule has 0 saturated heterocycles. The molecule has 9 heteroatoms. The second-order valence-corrected chi connectivity index (χ2v) is 12.2. The maximum atomic E-state index is 13.7. The summed E-state index contributed by atoms with van der Waals surface area (Å²) in [6, 6.07) is 14.4. The van der Waals surface area contributed by atoms with Crippen LogP contribution in [0.25, 0.3) is 0 Å². The Morgan fingerprint density at radius 2 is 1.97 bits per heavy atom. The summed E-state index contributed by atoms with van der Waals surface area (Å²) in [6.45, 7) is 3.46. The lowest BCUT2D eigenvalue weighted by Crippen LogP contribution is -2.44. The fourth-order valence-corrected chi connectivity index (χ4v) is 7.43. The zero-order valence-corrected chi connectivity index (χ0v) is 22.8. The number of halogens is 1. The first-order chi connectivity index (χ1) is 17.8. The van der Waals surface area contributed by atoms with Gasteiger partial charge >= 0.3 is 0 Å². The molecule has 0 saturated carbocycles. The molecule has 2 aromatic carbocycles. The van der Waals surface area contributed by atoms with Gasteiger partial charge in [-0.05, 0) is 79.8 Å². The fraction of sp³-hybridized carbons (Fsp3) is 0.393. The van der Waals surface area contributed by atoms with Crippen LogP contribution in [0.3, 0.4) is 0 Å². The third-order valence-electron chi connectivity index (χ3n) is 7.48. The minimum atomic E-state index is -3.86. The van der Waals surface area contributed by atoms with E-state index in [1.54, 1.807) is 12.1 Å². The number of aromatic nitrogens is 1. The molecule has 2 heterocycles. The highest BCUT2D eigenvalue weighted by atomic mass is 35.5. The minimum Gasteiger partial charge on any atom is -0.349 e. The molecule has 196 valence electrons. The lowest BCUT2D eigenvalue weighted by molar-refractivity contribution is -0.123. The van der Waals surface area contributed by atoms with E-state index in [-0.39, 0.29) is 29.8 Å². The van der Waals surface area contributed by atoms with Crippen molar-refractivity contribution in [2.24, 2.45) is 0 Å². The van der Waals surface area contributed by atoms with Gasteiger partial charge in [0.05, 0.1) is 17.0 Å². The number of nitrogens with one attached hydrogen (secondary N) is 2. The molecule has 2 aliphatic rings. The minimum absolute atomic E-state index is 0.0481. The van der Waals surface area contributed by atoms with Crippen LogP contribution in [0.5, 0.6) is 0 Å². The number of aryl methyl sites for hydroxylation is 2. The summed E-state index contributed by atoms with van der Waals surface area (Å²) in [4.78, 5) is 13.6. The normalized spacial score (nSPS) is 19.8. The number of amides is 1. The summed E-state index contributed by atoms with van der Waals surface area (Å²) < 4.78 is 31.0. The number of carbonyl (C=O) groups is 1. The van der Waals surface area contributed by atoms with Gasteiger partial charge in [0, 0.05) is 43.0 Å². The first kappa shape index (κ1) is 26.0. The molecule has 2 N–H and O–H groups in total. The molecule has 1 aliphatic heterocycles. The van der Waals surface area contributed by atoms with Crippen molar-refractivity contribution in [2.45, 2.75) is 62.7 Å². The average molecular weight is 541 g/mol. The summed E-state index contributed by atoms with van der Waals surface area (Å²) in [6.07, 6.45) is 4.86. The summed E-state index contributed by atoms with van der Waals surface area (Å²) in [5.41, 5.74) is 5.30. The summed E-state index contributed by atoms with van der Waals surface area (Å²) in [7, 11) is -1.93. The topological polar surface area (TPSA) is 83.4 Å². The number of fused-ring (bicyclic) bond motifs is 2. The van der Waals surface area contributed by atoms with Crippen LogP contribution in [0.15, 0.2) is 59.6 Å². The van der Waals surface area contributed by atoms with Gasteiger partial charge in [-0.3, -0.25) is 4.79 Å². The van der Waals surface area contributed by atoms with Crippen molar-refractivity contribution in [3.63, 3.8) is 0 Å². The molecule has 0 spiro atoms. The van der Waals surface area contributed by atoms with Crippen molar-refractivity contribution < 1.29 is 13.2 Å². The van der Waals surface area contributed by atoms with Gasteiger partial charge in [0.1, 0.15) is 0 Å². The van der Waals surface area contributed by atoms with Gasteiger partial charge in [-0.15, -0.1) is 0 Å². The first-order valence-electron chi connectivity index (χ1n) is 12.8. The van der Waals surface area contributed by atoms with E-state index < -0.39 is 16.1 Å². The van der Waals surface area contributed by atoms with Gasteiger partial charge in [0.2, 0.25) is 15.9 Å². The summed E-state index contributed by atoms with van der Waals surface area (Å²) in [5, 5.41) is 6.81. The highest BCUT2D eigenvalue weighted by Crippen LogP contribution is 2.36. The zero-order chi connectivity index (χ0) is 26.2. The van der Waals surface area contributed by atoms with E-state index in [2.05, 4.69) is 28.8 Å². The molecule has 2 atom stereocenters. The number of nitrogens with zero attached hydrogens (tertiary/aromatic N) is 2. The van der Waals surface area contributed by atoms with Crippen molar-refractivity contribution >= 4 is 27.5 Å². The second kappa shape index (κ2) is 10.6. The molecule has 1 amide bonds. The Kier molecular flexibility index (Phi) is 7.45. The van der Waals surface area contributed by atoms with Crippen LogP contribution in [0.2, 0.25) is 5.02 Å². The second-order valence-electron chi connectivity index (χ2n) is 9.95. The molecule has 2 unspecified atom stereocenters. The SMILES string of the molecule is CNCc1ccc2c(c1)CCCC2NC(=O)CC1c2cccn2CCN1S(=O)(=O)c1ccc(C)c(Cl)c1. The van der Waals surface area contributed by atoms with Crippen molar-refractivity contribution in [2.75, 3.05) is 13.6 Å². The van der Waals surface area contributed by atoms with Crippen LogP contribution in [0.4, 0.5) is 0 Å². The van der Waals surface area contributed by atoms with Gasteiger partial charge in [0.15, 0.2) is 0 Å². The van der Waals surface area contributed by atoms with Crippen molar-refractivity contribution in [3.8, 4) is 0 Å². The lowest BCUT2D eigenvalue weighted by atomic mass is 9.86. The Morgan fingerprint density at radius 1 is 1.14 bits per heavy atom. The highest BCUT2D eigenvalue weighted by Gasteiger charge is 2.38. The quantitative estimate of drug-likeness (QED) is 0.462. The molecule has 3 aromatic rings. The van der Waals surface area contributed by atoms with Crippen LogP contribution in [0.1, 0.15) is 59.3 Å². The van der Waals surface area contributed by atoms with Crippen LogP contribution in [-0.4, -0.2) is 36.8 Å². The van der Waals surface area contributed by atoms with Gasteiger partial charge in [-0.25, -0.2) is 8.42 Å².